The van der Waals surface area contributed by atoms with E-state index < -0.39 is 16.4 Å². The summed E-state index contributed by atoms with van der Waals surface area (Å²) in [4.78, 5) is 18.6. The second-order valence-corrected chi connectivity index (χ2v) is 5.37. The topological polar surface area (TPSA) is 120 Å². The Labute approximate surface area is 147 Å². The van der Waals surface area contributed by atoms with E-state index in [-0.39, 0.29) is 11.4 Å². The molecule has 3 aromatic rings. The number of halogens is 1. The molecule has 2 aromatic heterocycles. The summed E-state index contributed by atoms with van der Waals surface area (Å²) < 4.78 is 20.4. The summed E-state index contributed by atoms with van der Waals surface area (Å²) in [5, 5.41) is 21.2. The van der Waals surface area contributed by atoms with E-state index in [0.29, 0.717) is 24.7 Å². The van der Waals surface area contributed by atoms with Gasteiger partial charge in [0, 0.05) is 37.0 Å². The molecule has 1 aromatic carbocycles. The van der Waals surface area contributed by atoms with Crippen molar-refractivity contribution in [2.45, 2.75) is 6.92 Å². The molecule has 0 amide bonds. The van der Waals surface area contributed by atoms with E-state index in [1.165, 1.54) is 19.5 Å². The van der Waals surface area contributed by atoms with Crippen molar-refractivity contribution in [3.63, 3.8) is 0 Å². The van der Waals surface area contributed by atoms with Crippen molar-refractivity contribution in [3.05, 3.63) is 46.2 Å². The van der Waals surface area contributed by atoms with Gasteiger partial charge in [-0.2, -0.15) is 19.0 Å². The molecule has 0 aliphatic carbocycles. The van der Waals surface area contributed by atoms with Crippen LogP contribution in [0.4, 0.5) is 21.6 Å². The summed E-state index contributed by atoms with van der Waals surface area (Å²) in [5.41, 5.74) is 0.196. The van der Waals surface area contributed by atoms with Crippen LogP contribution in [0.15, 0.2) is 24.5 Å². The highest BCUT2D eigenvalue weighted by Crippen LogP contribution is 2.32. The lowest BCUT2D eigenvalue weighted by atomic mass is 10.2. The zero-order chi connectivity index (χ0) is 18.7. The Morgan fingerprint density at radius 1 is 1.31 bits per heavy atom. The van der Waals surface area contributed by atoms with Crippen molar-refractivity contribution < 1.29 is 14.1 Å². The zero-order valence-electron chi connectivity index (χ0n) is 14.1. The SMILES string of the molecule is COc1cc(F)c([N+](=O)[O-])c(NCCNc2cc(C)nc3ncnn23)c1. The van der Waals surface area contributed by atoms with Crippen LogP contribution in [0.3, 0.4) is 0 Å². The molecule has 0 spiro atoms. The maximum atomic E-state index is 13.9. The number of benzene rings is 1. The summed E-state index contributed by atoms with van der Waals surface area (Å²) in [6.45, 7) is 2.53. The first-order valence-electron chi connectivity index (χ1n) is 7.66. The maximum absolute atomic E-state index is 13.9. The predicted octanol–water partition coefficient (Wildman–Crippen LogP) is 2.01. The Balaban J connectivity index is 1.71. The molecule has 26 heavy (non-hydrogen) atoms. The smallest absolute Gasteiger partial charge is 0.327 e. The monoisotopic (exact) mass is 361 g/mol. The number of rotatable bonds is 7. The van der Waals surface area contributed by atoms with Gasteiger partial charge in [-0.1, -0.05) is 0 Å². The van der Waals surface area contributed by atoms with Crippen LogP contribution in [0.5, 0.6) is 5.75 Å². The van der Waals surface area contributed by atoms with Gasteiger partial charge in [0.2, 0.25) is 5.82 Å². The molecular weight excluding hydrogens is 345 g/mol. The Hall–Kier alpha value is -3.50. The molecule has 2 N–H and O–H groups in total. The van der Waals surface area contributed by atoms with Crippen LogP contribution in [0.1, 0.15) is 5.69 Å². The van der Waals surface area contributed by atoms with Crippen molar-refractivity contribution in [1.29, 1.82) is 0 Å². The number of aryl methyl sites for hydroxylation is 1. The van der Waals surface area contributed by atoms with Crippen molar-refractivity contribution in [2.75, 3.05) is 30.8 Å². The van der Waals surface area contributed by atoms with E-state index in [9.17, 15) is 14.5 Å². The number of anilines is 2. The number of hydrogen-bond acceptors (Lipinski definition) is 8. The van der Waals surface area contributed by atoms with Crippen LogP contribution < -0.4 is 15.4 Å². The van der Waals surface area contributed by atoms with Gasteiger partial charge >= 0.3 is 5.69 Å². The molecule has 10 nitrogen and oxygen atoms in total. The van der Waals surface area contributed by atoms with Gasteiger partial charge in [0.15, 0.2) is 0 Å². The van der Waals surface area contributed by atoms with Crippen molar-refractivity contribution >= 4 is 23.0 Å². The minimum atomic E-state index is -0.959. The molecule has 0 unspecified atom stereocenters. The second-order valence-electron chi connectivity index (χ2n) is 5.37. The number of nitro groups is 1. The molecule has 0 aliphatic rings. The quantitative estimate of drug-likeness (QED) is 0.373. The third kappa shape index (κ3) is 3.45. The standard InChI is InChI=1S/C15H16FN7O3/c1-9-5-13(22-15(21-9)19-8-20-22)18-4-3-17-12-7-10(26-2)6-11(16)14(12)23(24)25/h5-8,17-18H,3-4H2,1-2H3. The van der Waals surface area contributed by atoms with Crippen molar-refractivity contribution in [3.8, 4) is 5.75 Å². The first-order valence-corrected chi connectivity index (χ1v) is 7.66. The average Bonchev–Trinajstić information content (AvgIpc) is 3.05. The summed E-state index contributed by atoms with van der Waals surface area (Å²) >= 11 is 0. The summed E-state index contributed by atoms with van der Waals surface area (Å²) in [6, 6.07) is 4.16. The number of nitrogens with one attached hydrogen (secondary N) is 2. The van der Waals surface area contributed by atoms with Gasteiger partial charge in [0.1, 0.15) is 23.6 Å². The highest BCUT2D eigenvalue weighted by Gasteiger charge is 2.21. The number of methoxy groups -OCH3 is 1. The van der Waals surface area contributed by atoms with Crippen LogP contribution in [-0.2, 0) is 0 Å². The highest BCUT2D eigenvalue weighted by atomic mass is 19.1. The summed E-state index contributed by atoms with van der Waals surface area (Å²) in [7, 11) is 1.36. The molecule has 0 atom stereocenters. The highest BCUT2D eigenvalue weighted by molar-refractivity contribution is 5.65. The third-order valence-electron chi connectivity index (χ3n) is 3.58. The number of nitro benzene ring substituents is 1. The van der Waals surface area contributed by atoms with Gasteiger partial charge in [-0.15, -0.1) is 0 Å². The first kappa shape index (κ1) is 17.3. The molecule has 3 rings (SSSR count). The van der Waals surface area contributed by atoms with E-state index in [0.717, 1.165) is 11.8 Å². The van der Waals surface area contributed by atoms with Crippen molar-refractivity contribution in [2.24, 2.45) is 0 Å². The molecular formula is C15H16FN7O3. The van der Waals surface area contributed by atoms with Gasteiger partial charge in [-0.3, -0.25) is 10.1 Å². The Bertz CT molecular complexity index is 960. The van der Waals surface area contributed by atoms with Crippen LogP contribution in [0.2, 0.25) is 0 Å². The molecule has 0 saturated carbocycles. The number of ether oxygens (including phenoxy) is 1. The van der Waals surface area contributed by atoms with Crippen LogP contribution in [0.25, 0.3) is 5.78 Å². The fourth-order valence-corrected chi connectivity index (χ4v) is 2.46. The minimum Gasteiger partial charge on any atom is -0.497 e. The fraction of sp³-hybridized carbons (Fsp3) is 0.267. The Kier molecular flexibility index (Phi) is 4.78. The predicted molar refractivity (Wildman–Crippen MR) is 92.1 cm³/mol. The number of fused-ring (bicyclic) bond motifs is 1. The van der Waals surface area contributed by atoms with E-state index in [2.05, 4.69) is 25.7 Å². The molecule has 136 valence electrons. The zero-order valence-corrected chi connectivity index (χ0v) is 14.1. The molecule has 0 fully saturated rings. The molecule has 0 saturated heterocycles. The third-order valence-corrected chi connectivity index (χ3v) is 3.58. The van der Waals surface area contributed by atoms with E-state index in [4.69, 9.17) is 4.74 Å². The normalized spacial score (nSPS) is 10.7. The lowest BCUT2D eigenvalue weighted by Gasteiger charge is -2.11. The number of nitrogens with zero attached hydrogens (tertiary/aromatic N) is 5. The maximum Gasteiger partial charge on any atom is 0.327 e. The second kappa shape index (κ2) is 7.17. The molecule has 0 bridgehead atoms. The van der Waals surface area contributed by atoms with Gasteiger partial charge < -0.3 is 15.4 Å². The Morgan fingerprint density at radius 3 is 2.81 bits per heavy atom. The average molecular weight is 361 g/mol. The summed E-state index contributed by atoms with van der Waals surface area (Å²) in [6.07, 6.45) is 1.40. The molecule has 2 heterocycles. The van der Waals surface area contributed by atoms with E-state index in [1.54, 1.807) is 10.6 Å². The molecule has 0 aliphatic heterocycles. The van der Waals surface area contributed by atoms with Crippen LogP contribution in [0, 0.1) is 22.9 Å². The van der Waals surface area contributed by atoms with Gasteiger partial charge in [-0.25, -0.2) is 4.98 Å². The minimum absolute atomic E-state index is 0.0467. The van der Waals surface area contributed by atoms with Crippen LogP contribution >= 0.6 is 0 Å². The van der Waals surface area contributed by atoms with Gasteiger partial charge in [0.05, 0.1) is 12.0 Å². The Morgan fingerprint density at radius 2 is 2.08 bits per heavy atom. The molecule has 11 heteroatoms. The molecule has 0 radical (unpaired) electrons. The first-order chi connectivity index (χ1) is 12.5. The largest absolute Gasteiger partial charge is 0.497 e. The number of aromatic nitrogens is 4. The lowest BCUT2D eigenvalue weighted by molar-refractivity contribution is -0.386. The van der Waals surface area contributed by atoms with E-state index >= 15 is 0 Å². The lowest BCUT2D eigenvalue weighted by Crippen LogP contribution is -2.17. The van der Waals surface area contributed by atoms with Crippen LogP contribution in [-0.4, -0.2) is 44.7 Å². The fourth-order valence-electron chi connectivity index (χ4n) is 2.46. The number of hydrogen-bond donors (Lipinski definition) is 2. The van der Waals surface area contributed by atoms with E-state index in [1.807, 2.05) is 6.92 Å². The van der Waals surface area contributed by atoms with Gasteiger partial charge in [0.25, 0.3) is 5.78 Å². The van der Waals surface area contributed by atoms with Gasteiger partial charge in [-0.05, 0) is 6.92 Å². The van der Waals surface area contributed by atoms with Crippen molar-refractivity contribution in [1.82, 2.24) is 19.6 Å². The summed E-state index contributed by atoms with van der Waals surface area (Å²) in [5.74, 6) is 0.376.